The lowest BCUT2D eigenvalue weighted by atomic mass is 10.7. The normalized spacial score (nSPS) is 10.7. The van der Waals surface area contributed by atoms with Crippen LogP contribution in [0.3, 0.4) is 0 Å². The third-order valence-corrected chi connectivity index (χ3v) is 3.12. The summed E-state index contributed by atoms with van der Waals surface area (Å²) in [5.74, 6) is 0. The molecule has 7 nitrogen and oxygen atoms in total. The van der Waals surface area contributed by atoms with Gasteiger partial charge in [-0.1, -0.05) is 6.08 Å². The van der Waals surface area contributed by atoms with Gasteiger partial charge in [0.2, 0.25) is 0 Å². The molecule has 0 aliphatic carbocycles. The van der Waals surface area contributed by atoms with E-state index in [0.717, 1.165) is 0 Å². The highest BCUT2D eigenvalue weighted by Crippen LogP contribution is 2.30. The van der Waals surface area contributed by atoms with E-state index in [4.69, 9.17) is 4.52 Å². The molecule has 0 aliphatic rings. The second-order valence-corrected chi connectivity index (χ2v) is 4.19. The summed E-state index contributed by atoms with van der Waals surface area (Å²) in [6, 6.07) is 0. The van der Waals surface area contributed by atoms with E-state index in [-0.39, 0.29) is 0 Å². The quantitative estimate of drug-likeness (QED) is 0.526. The molecule has 2 heterocycles. The number of H-pyrrole nitrogens is 2. The predicted molar refractivity (Wildman–Crippen MR) is 55.1 cm³/mol. The summed E-state index contributed by atoms with van der Waals surface area (Å²) in [6.07, 6.45) is 4.53. The largest absolute Gasteiger partial charge is 0.340 e. The van der Waals surface area contributed by atoms with Crippen LogP contribution in [0.1, 0.15) is 0 Å². The molecule has 2 aromatic rings. The van der Waals surface area contributed by atoms with Crippen LogP contribution in [0.25, 0.3) is 0 Å². The Kier molecular flexibility index (Phi) is 3.16. The maximum Gasteiger partial charge on any atom is 0.182 e. The van der Waals surface area contributed by atoms with E-state index in [2.05, 4.69) is 36.9 Å². The molecule has 0 amide bonds. The van der Waals surface area contributed by atoms with Gasteiger partial charge in [-0.2, -0.15) is 10.2 Å². The minimum Gasteiger partial charge on any atom is -0.340 e. The number of hydrogen-bond acceptors (Lipinski definition) is 5. The van der Waals surface area contributed by atoms with Crippen LogP contribution in [0, 0.1) is 0 Å². The highest BCUT2D eigenvalue weighted by molar-refractivity contribution is 7.67. The van der Waals surface area contributed by atoms with Crippen molar-refractivity contribution in [2.75, 3.05) is 6.61 Å². The standard InChI is InChI=1S/C7H9N6OP/c1-2-3-14-15(6-8-4-10-12-6)7-9-5-11-13-7/h2,4-5H,1,3H2,(H,8,10,12)(H,9,11,13). The highest BCUT2D eigenvalue weighted by Gasteiger charge is 2.20. The topological polar surface area (TPSA) is 92.4 Å². The molecular formula is C7H9N6OP. The van der Waals surface area contributed by atoms with Crippen molar-refractivity contribution in [3.63, 3.8) is 0 Å². The van der Waals surface area contributed by atoms with Crippen molar-refractivity contribution in [3.05, 3.63) is 25.3 Å². The van der Waals surface area contributed by atoms with Crippen molar-refractivity contribution in [1.82, 2.24) is 30.4 Å². The van der Waals surface area contributed by atoms with E-state index in [1.165, 1.54) is 12.7 Å². The second-order valence-electron chi connectivity index (χ2n) is 2.50. The van der Waals surface area contributed by atoms with Crippen LogP contribution < -0.4 is 11.1 Å². The minimum atomic E-state index is -1.11. The molecule has 2 aromatic heterocycles. The van der Waals surface area contributed by atoms with Crippen LogP contribution in [0.4, 0.5) is 0 Å². The van der Waals surface area contributed by atoms with Crippen LogP contribution in [0.2, 0.25) is 0 Å². The van der Waals surface area contributed by atoms with Crippen LogP contribution in [-0.4, -0.2) is 37.0 Å². The van der Waals surface area contributed by atoms with Crippen LogP contribution >= 0.6 is 8.15 Å². The Labute approximate surface area is 86.8 Å². The molecule has 0 unspecified atom stereocenters. The lowest BCUT2D eigenvalue weighted by Crippen LogP contribution is -2.20. The van der Waals surface area contributed by atoms with Gasteiger partial charge in [0.05, 0.1) is 6.61 Å². The summed E-state index contributed by atoms with van der Waals surface area (Å²) in [7, 11) is -1.11. The van der Waals surface area contributed by atoms with E-state index < -0.39 is 8.15 Å². The number of aromatic amines is 2. The van der Waals surface area contributed by atoms with Crippen LogP contribution in [-0.2, 0) is 4.52 Å². The first kappa shape index (κ1) is 9.95. The maximum absolute atomic E-state index is 5.56. The summed E-state index contributed by atoms with van der Waals surface area (Å²) in [5, 5.41) is 13.1. The van der Waals surface area contributed by atoms with Crippen molar-refractivity contribution in [3.8, 4) is 0 Å². The molecule has 0 aromatic carbocycles. The number of hydrogen-bond donors (Lipinski definition) is 2. The number of nitrogens with zero attached hydrogens (tertiary/aromatic N) is 4. The molecule has 0 spiro atoms. The van der Waals surface area contributed by atoms with Crippen LogP contribution in [0.5, 0.6) is 0 Å². The molecule has 0 radical (unpaired) electrons. The third-order valence-electron chi connectivity index (χ3n) is 1.51. The Morgan fingerprint density at radius 1 is 1.27 bits per heavy atom. The predicted octanol–water partition coefficient (Wildman–Crippen LogP) is -0.527. The second kappa shape index (κ2) is 4.77. The van der Waals surface area contributed by atoms with Crippen molar-refractivity contribution < 1.29 is 4.52 Å². The number of nitrogens with one attached hydrogen (secondary N) is 2. The van der Waals surface area contributed by atoms with Gasteiger partial charge < -0.3 is 4.52 Å². The van der Waals surface area contributed by atoms with E-state index >= 15 is 0 Å². The lowest BCUT2D eigenvalue weighted by Gasteiger charge is -2.09. The Morgan fingerprint density at radius 3 is 2.27 bits per heavy atom. The number of rotatable bonds is 5. The number of aromatic nitrogens is 6. The molecule has 78 valence electrons. The molecule has 8 heteroatoms. The first-order valence-electron chi connectivity index (χ1n) is 4.16. The highest BCUT2D eigenvalue weighted by atomic mass is 31.1. The van der Waals surface area contributed by atoms with Gasteiger partial charge in [0, 0.05) is 0 Å². The average Bonchev–Trinajstić information content (AvgIpc) is 2.90. The summed E-state index contributed by atoms with van der Waals surface area (Å²) in [6.45, 7) is 4.01. The van der Waals surface area contributed by atoms with Gasteiger partial charge in [-0.25, -0.2) is 9.97 Å². The molecule has 0 saturated carbocycles. The molecular weight excluding hydrogens is 215 g/mol. The van der Waals surface area contributed by atoms with E-state index in [1.807, 2.05) is 0 Å². The zero-order valence-electron chi connectivity index (χ0n) is 7.79. The molecule has 0 bridgehead atoms. The molecule has 2 N–H and O–H groups in total. The summed E-state index contributed by atoms with van der Waals surface area (Å²) in [4.78, 5) is 8.08. The summed E-state index contributed by atoms with van der Waals surface area (Å²) >= 11 is 0. The fourth-order valence-corrected chi connectivity index (χ4v) is 2.25. The average molecular weight is 224 g/mol. The Bertz CT molecular complexity index is 365. The lowest BCUT2D eigenvalue weighted by molar-refractivity contribution is 0.413. The summed E-state index contributed by atoms with van der Waals surface area (Å²) in [5.41, 5.74) is 1.28. The van der Waals surface area contributed by atoms with Crippen molar-refractivity contribution in [2.45, 2.75) is 0 Å². The minimum absolute atomic E-state index is 0.424. The van der Waals surface area contributed by atoms with E-state index in [0.29, 0.717) is 17.7 Å². The Morgan fingerprint density at radius 2 is 1.87 bits per heavy atom. The van der Waals surface area contributed by atoms with Crippen molar-refractivity contribution in [2.24, 2.45) is 0 Å². The summed E-state index contributed by atoms with van der Waals surface area (Å²) < 4.78 is 5.56. The van der Waals surface area contributed by atoms with Crippen LogP contribution in [0.15, 0.2) is 25.3 Å². The molecule has 0 atom stereocenters. The first-order valence-corrected chi connectivity index (χ1v) is 5.42. The molecule has 0 saturated heterocycles. The van der Waals surface area contributed by atoms with Gasteiger partial charge >= 0.3 is 0 Å². The van der Waals surface area contributed by atoms with Gasteiger partial charge in [-0.05, 0) is 0 Å². The monoisotopic (exact) mass is 224 g/mol. The zero-order chi connectivity index (χ0) is 10.5. The molecule has 0 aliphatic heterocycles. The SMILES string of the molecule is C=CCOP(c1ncn[nH]1)c1ncn[nH]1. The molecule has 15 heavy (non-hydrogen) atoms. The molecule has 0 fully saturated rings. The Balaban J connectivity index is 2.20. The van der Waals surface area contributed by atoms with Gasteiger partial charge in [-0.3, -0.25) is 10.2 Å². The third kappa shape index (κ3) is 2.26. The van der Waals surface area contributed by atoms with Gasteiger partial charge in [0.15, 0.2) is 19.3 Å². The van der Waals surface area contributed by atoms with Crippen molar-refractivity contribution in [1.29, 1.82) is 0 Å². The van der Waals surface area contributed by atoms with Gasteiger partial charge in [0.1, 0.15) is 12.7 Å². The smallest absolute Gasteiger partial charge is 0.182 e. The molecule has 2 rings (SSSR count). The first-order chi connectivity index (χ1) is 7.42. The fourth-order valence-electron chi connectivity index (χ4n) is 0.944. The van der Waals surface area contributed by atoms with Crippen molar-refractivity contribution >= 4 is 19.3 Å². The van der Waals surface area contributed by atoms with E-state index in [9.17, 15) is 0 Å². The van der Waals surface area contributed by atoms with Gasteiger partial charge in [0.25, 0.3) is 0 Å². The Hall–Kier alpha value is -1.59. The fraction of sp³-hybridized carbons (Fsp3) is 0.143. The maximum atomic E-state index is 5.56. The van der Waals surface area contributed by atoms with E-state index in [1.54, 1.807) is 6.08 Å². The zero-order valence-corrected chi connectivity index (χ0v) is 8.69. The van der Waals surface area contributed by atoms with Gasteiger partial charge in [-0.15, -0.1) is 6.58 Å².